The third kappa shape index (κ3) is 2.87. The predicted molar refractivity (Wildman–Crippen MR) is 87.6 cm³/mol. The van der Waals surface area contributed by atoms with E-state index in [0.29, 0.717) is 12.1 Å². The summed E-state index contributed by atoms with van der Waals surface area (Å²) in [6.07, 6.45) is 1.06. The van der Waals surface area contributed by atoms with Crippen LogP contribution < -0.4 is 5.32 Å². The molecule has 0 saturated carbocycles. The minimum absolute atomic E-state index is 0.337. The van der Waals surface area contributed by atoms with Gasteiger partial charge in [0.25, 0.3) is 0 Å². The van der Waals surface area contributed by atoms with E-state index in [9.17, 15) is 0 Å². The van der Waals surface area contributed by atoms with Crippen molar-refractivity contribution in [3.05, 3.63) is 59.2 Å². The molecule has 0 spiro atoms. The second-order valence-electron chi connectivity index (χ2n) is 6.00. The van der Waals surface area contributed by atoms with Crippen LogP contribution in [0.1, 0.15) is 36.6 Å². The molecule has 2 aromatic rings. The molecule has 0 fully saturated rings. The highest BCUT2D eigenvalue weighted by Crippen LogP contribution is 2.37. The van der Waals surface area contributed by atoms with E-state index >= 15 is 0 Å². The van der Waals surface area contributed by atoms with Crippen LogP contribution in [0.15, 0.2) is 42.5 Å². The van der Waals surface area contributed by atoms with Crippen molar-refractivity contribution in [2.75, 3.05) is 13.7 Å². The van der Waals surface area contributed by atoms with E-state index < -0.39 is 0 Å². The van der Waals surface area contributed by atoms with E-state index in [-0.39, 0.29) is 0 Å². The van der Waals surface area contributed by atoms with Crippen LogP contribution >= 0.6 is 0 Å². The third-order valence-corrected chi connectivity index (χ3v) is 4.27. The number of rotatable bonds is 5. The van der Waals surface area contributed by atoms with Crippen molar-refractivity contribution in [1.29, 1.82) is 0 Å². The number of methoxy groups -OCH3 is 1. The molecule has 2 heteroatoms. The Bertz CT molecular complexity index is 635. The molecule has 2 unspecified atom stereocenters. The van der Waals surface area contributed by atoms with Crippen molar-refractivity contribution in [1.82, 2.24) is 5.32 Å². The van der Waals surface area contributed by atoms with Crippen LogP contribution in [0.3, 0.4) is 0 Å². The highest BCUT2D eigenvalue weighted by molar-refractivity contribution is 5.76. The van der Waals surface area contributed by atoms with E-state index in [1.165, 1.54) is 27.8 Å². The topological polar surface area (TPSA) is 21.3 Å². The Morgan fingerprint density at radius 2 is 1.81 bits per heavy atom. The second-order valence-corrected chi connectivity index (χ2v) is 6.00. The molecule has 0 bridgehead atoms. The van der Waals surface area contributed by atoms with Gasteiger partial charge in [0.2, 0.25) is 0 Å². The van der Waals surface area contributed by atoms with E-state index in [4.69, 9.17) is 4.74 Å². The van der Waals surface area contributed by atoms with Gasteiger partial charge in [0.05, 0.1) is 6.61 Å². The summed E-state index contributed by atoms with van der Waals surface area (Å²) < 4.78 is 5.19. The fraction of sp³-hybridized carbons (Fsp3) is 0.368. The summed E-state index contributed by atoms with van der Waals surface area (Å²) in [4.78, 5) is 0. The average Bonchev–Trinajstić information content (AvgIpc) is 2.85. The summed E-state index contributed by atoms with van der Waals surface area (Å²) >= 11 is 0. The van der Waals surface area contributed by atoms with Gasteiger partial charge in [-0.25, -0.2) is 0 Å². The summed E-state index contributed by atoms with van der Waals surface area (Å²) in [6, 6.07) is 16.3. The van der Waals surface area contributed by atoms with Gasteiger partial charge in [0.15, 0.2) is 0 Å². The fourth-order valence-corrected chi connectivity index (χ4v) is 3.26. The second kappa shape index (κ2) is 6.00. The Balaban J connectivity index is 1.80. The lowest BCUT2D eigenvalue weighted by Gasteiger charge is -2.20. The van der Waals surface area contributed by atoms with Crippen LogP contribution in [-0.2, 0) is 11.2 Å². The SMILES string of the molecule is COCC(C)NC(C)c1ccc2c(c1)Cc1ccccc1-2. The summed E-state index contributed by atoms with van der Waals surface area (Å²) in [5, 5.41) is 3.58. The minimum Gasteiger partial charge on any atom is -0.383 e. The van der Waals surface area contributed by atoms with Crippen LogP contribution in [0, 0.1) is 0 Å². The normalized spacial score (nSPS) is 15.4. The molecule has 3 rings (SSSR count). The van der Waals surface area contributed by atoms with Crippen molar-refractivity contribution < 1.29 is 4.74 Å². The van der Waals surface area contributed by atoms with Crippen LogP contribution in [-0.4, -0.2) is 19.8 Å². The van der Waals surface area contributed by atoms with Gasteiger partial charge in [-0.3, -0.25) is 0 Å². The lowest BCUT2D eigenvalue weighted by molar-refractivity contribution is 0.168. The molecule has 0 amide bonds. The Morgan fingerprint density at radius 1 is 1.05 bits per heavy atom. The quantitative estimate of drug-likeness (QED) is 0.764. The minimum atomic E-state index is 0.337. The molecule has 0 radical (unpaired) electrons. The third-order valence-electron chi connectivity index (χ3n) is 4.27. The number of benzene rings is 2. The summed E-state index contributed by atoms with van der Waals surface area (Å²) in [5.41, 5.74) is 7.03. The van der Waals surface area contributed by atoms with Crippen LogP contribution in [0.25, 0.3) is 11.1 Å². The van der Waals surface area contributed by atoms with Crippen LogP contribution in [0.5, 0.6) is 0 Å². The number of ether oxygens (including phenoxy) is 1. The van der Waals surface area contributed by atoms with Crippen molar-refractivity contribution in [3.8, 4) is 11.1 Å². The van der Waals surface area contributed by atoms with Crippen molar-refractivity contribution in [3.63, 3.8) is 0 Å². The fourth-order valence-electron chi connectivity index (χ4n) is 3.26. The summed E-state index contributed by atoms with van der Waals surface area (Å²) in [7, 11) is 1.75. The first-order valence-corrected chi connectivity index (χ1v) is 7.65. The number of fused-ring (bicyclic) bond motifs is 3. The van der Waals surface area contributed by atoms with Gasteiger partial charge < -0.3 is 10.1 Å². The molecule has 0 aliphatic heterocycles. The molecular weight excluding hydrogens is 258 g/mol. The van der Waals surface area contributed by atoms with Gasteiger partial charge in [-0.2, -0.15) is 0 Å². The number of hydrogen-bond donors (Lipinski definition) is 1. The Morgan fingerprint density at radius 3 is 2.62 bits per heavy atom. The number of hydrogen-bond acceptors (Lipinski definition) is 2. The smallest absolute Gasteiger partial charge is 0.0613 e. The van der Waals surface area contributed by atoms with Crippen molar-refractivity contribution in [2.24, 2.45) is 0 Å². The molecule has 21 heavy (non-hydrogen) atoms. The molecule has 1 aliphatic carbocycles. The zero-order valence-electron chi connectivity index (χ0n) is 13.0. The lowest BCUT2D eigenvalue weighted by atomic mass is 10.00. The van der Waals surface area contributed by atoms with Gasteiger partial charge in [-0.05, 0) is 48.1 Å². The highest BCUT2D eigenvalue weighted by atomic mass is 16.5. The predicted octanol–water partition coefficient (Wildman–Crippen LogP) is 3.94. The molecule has 2 atom stereocenters. The van der Waals surface area contributed by atoms with E-state index in [1.54, 1.807) is 7.11 Å². The lowest BCUT2D eigenvalue weighted by Crippen LogP contribution is -2.32. The summed E-state index contributed by atoms with van der Waals surface area (Å²) in [5.74, 6) is 0. The number of nitrogens with one attached hydrogen (secondary N) is 1. The molecule has 1 aliphatic rings. The average molecular weight is 281 g/mol. The van der Waals surface area contributed by atoms with Crippen molar-refractivity contribution in [2.45, 2.75) is 32.4 Å². The molecule has 1 N–H and O–H groups in total. The van der Waals surface area contributed by atoms with E-state index in [1.807, 2.05) is 0 Å². The Kier molecular flexibility index (Phi) is 4.09. The molecule has 0 aromatic heterocycles. The molecule has 0 saturated heterocycles. The molecule has 2 nitrogen and oxygen atoms in total. The first-order chi connectivity index (χ1) is 10.2. The maximum atomic E-state index is 5.19. The van der Waals surface area contributed by atoms with Gasteiger partial charge in [0, 0.05) is 19.2 Å². The molecule has 2 aromatic carbocycles. The van der Waals surface area contributed by atoms with E-state index in [2.05, 4.69) is 61.6 Å². The highest BCUT2D eigenvalue weighted by Gasteiger charge is 2.19. The standard InChI is InChI=1S/C19H23NO/c1-13(12-21-3)20-14(2)15-8-9-19-17(10-15)11-16-6-4-5-7-18(16)19/h4-10,13-14,20H,11-12H2,1-3H3. The molecule has 110 valence electrons. The zero-order chi connectivity index (χ0) is 14.8. The molecular formula is C19H23NO. The summed E-state index contributed by atoms with van der Waals surface area (Å²) in [6.45, 7) is 5.11. The zero-order valence-corrected chi connectivity index (χ0v) is 13.0. The first-order valence-electron chi connectivity index (χ1n) is 7.65. The maximum absolute atomic E-state index is 5.19. The maximum Gasteiger partial charge on any atom is 0.0613 e. The van der Waals surface area contributed by atoms with Crippen LogP contribution in [0.2, 0.25) is 0 Å². The Hall–Kier alpha value is -1.64. The van der Waals surface area contributed by atoms with Crippen molar-refractivity contribution >= 4 is 0 Å². The monoisotopic (exact) mass is 281 g/mol. The van der Waals surface area contributed by atoms with Gasteiger partial charge in [-0.1, -0.05) is 42.5 Å². The largest absolute Gasteiger partial charge is 0.383 e. The van der Waals surface area contributed by atoms with Crippen LogP contribution in [0.4, 0.5) is 0 Å². The molecule has 0 heterocycles. The van der Waals surface area contributed by atoms with E-state index in [0.717, 1.165) is 13.0 Å². The van der Waals surface area contributed by atoms with Gasteiger partial charge in [-0.15, -0.1) is 0 Å². The van der Waals surface area contributed by atoms with Gasteiger partial charge in [0.1, 0.15) is 0 Å². The Labute approximate surface area is 127 Å². The first kappa shape index (κ1) is 14.3. The van der Waals surface area contributed by atoms with Gasteiger partial charge >= 0.3 is 0 Å².